The zero-order valence-corrected chi connectivity index (χ0v) is 14.1. The van der Waals surface area contributed by atoms with Gasteiger partial charge in [-0.15, -0.1) is 0 Å². The number of anilines is 1. The second-order valence-electron chi connectivity index (χ2n) is 5.91. The molecule has 1 aromatic carbocycles. The molecule has 24 heavy (non-hydrogen) atoms. The van der Waals surface area contributed by atoms with Gasteiger partial charge in [0, 0.05) is 32.4 Å². The molecule has 2 aromatic heterocycles. The lowest BCUT2D eigenvalue weighted by molar-refractivity contribution is -0.123. The zero-order chi connectivity index (χ0) is 17.1. The average Bonchev–Trinajstić information content (AvgIpc) is 3.03. The number of rotatable bonds is 5. The van der Waals surface area contributed by atoms with Gasteiger partial charge in [0.1, 0.15) is 11.9 Å². The number of nitrogens with one attached hydrogen (secondary N) is 1. The normalized spacial score (nSPS) is 12.1. The van der Waals surface area contributed by atoms with Crippen LogP contribution in [0.3, 0.4) is 0 Å². The van der Waals surface area contributed by atoms with Gasteiger partial charge in [0.15, 0.2) is 0 Å². The molecule has 0 unspecified atom stereocenters. The lowest BCUT2D eigenvalue weighted by Gasteiger charge is -2.18. The third kappa shape index (κ3) is 3.08. The first-order valence-electron chi connectivity index (χ1n) is 7.88. The van der Waals surface area contributed by atoms with Crippen molar-refractivity contribution in [3.63, 3.8) is 0 Å². The van der Waals surface area contributed by atoms with E-state index in [0.717, 1.165) is 22.4 Å². The number of para-hydroxylation sites is 2. The predicted octanol–water partition coefficient (Wildman–Crippen LogP) is 2.37. The maximum Gasteiger partial charge on any atom is 0.243 e. The number of amides is 1. The Morgan fingerprint density at radius 2 is 2.00 bits per heavy atom. The Hall–Kier alpha value is -2.89. The number of benzene rings is 1. The minimum Gasteiger partial charge on any atom is -0.362 e. The minimum atomic E-state index is -0.336. The Balaban J connectivity index is 1.73. The molecule has 1 atom stereocenters. The Labute approximate surface area is 141 Å². The van der Waals surface area contributed by atoms with Crippen LogP contribution in [0.2, 0.25) is 0 Å². The topological polar surface area (TPSA) is 63.1 Å². The first-order chi connectivity index (χ1) is 11.6. The molecule has 1 amide bonds. The van der Waals surface area contributed by atoms with Crippen molar-refractivity contribution in [1.29, 1.82) is 0 Å². The number of aromatic nitrogens is 3. The van der Waals surface area contributed by atoms with Crippen LogP contribution in [0, 0.1) is 0 Å². The lowest BCUT2D eigenvalue weighted by atomic mass is 10.2. The first kappa shape index (κ1) is 16.0. The van der Waals surface area contributed by atoms with Crippen molar-refractivity contribution in [3.05, 3.63) is 54.5 Å². The number of carbonyl (C=O) groups is 1. The molecule has 124 valence electrons. The van der Waals surface area contributed by atoms with E-state index >= 15 is 0 Å². The number of fused-ring (bicyclic) bond motifs is 1. The third-order valence-electron chi connectivity index (χ3n) is 4.02. The number of pyridine rings is 1. The first-order valence-corrected chi connectivity index (χ1v) is 7.88. The van der Waals surface area contributed by atoms with E-state index in [0.29, 0.717) is 6.54 Å². The molecule has 2 heterocycles. The minimum absolute atomic E-state index is 0.0493. The van der Waals surface area contributed by atoms with Crippen LogP contribution in [0.5, 0.6) is 0 Å². The van der Waals surface area contributed by atoms with Crippen LogP contribution in [-0.4, -0.2) is 34.5 Å². The van der Waals surface area contributed by atoms with Gasteiger partial charge < -0.3 is 14.8 Å². The van der Waals surface area contributed by atoms with E-state index in [1.54, 1.807) is 12.5 Å². The summed E-state index contributed by atoms with van der Waals surface area (Å²) in [6.07, 6.45) is 3.46. The molecule has 0 spiro atoms. The summed E-state index contributed by atoms with van der Waals surface area (Å²) >= 11 is 0. The van der Waals surface area contributed by atoms with Crippen molar-refractivity contribution in [1.82, 2.24) is 19.9 Å². The van der Waals surface area contributed by atoms with E-state index in [2.05, 4.69) is 15.3 Å². The van der Waals surface area contributed by atoms with Gasteiger partial charge >= 0.3 is 0 Å². The molecule has 0 saturated heterocycles. The lowest BCUT2D eigenvalue weighted by Crippen LogP contribution is -2.31. The van der Waals surface area contributed by atoms with Crippen molar-refractivity contribution in [2.75, 3.05) is 19.0 Å². The van der Waals surface area contributed by atoms with E-state index < -0.39 is 0 Å². The van der Waals surface area contributed by atoms with Crippen molar-refractivity contribution < 1.29 is 4.79 Å². The molecule has 0 aliphatic heterocycles. The van der Waals surface area contributed by atoms with Gasteiger partial charge in [0.2, 0.25) is 5.91 Å². The molecular formula is C18H21N5O. The Bertz CT molecular complexity index is 855. The summed E-state index contributed by atoms with van der Waals surface area (Å²) in [4.78, 5) is 23.2. The van der Waals surface area contributed by atoms with E-state index in [-0.39, 0.29) is 11.9 Å². The van der Waals surface area contributed by atoms with Crippen LogP contribution < -0.4 is 10.2 Å². The van der Waals surface area contributed by atoms with Crippen LogP contribution in [-0.2, 0) is 11.3 Å². The molecule has 3 aromatic rings. The number of nitrogens with zero attached hydrogens (tertiary/aromatic N) is 4. The Morgan fingerprint density at radius 1 is 1.21 bits per heavy atom. The van der Waals surface area contributed by atoms with E-state index in [4.69, 9.17) is 0 Å². The molecule has 0 saturated carbocycles. The monoisotopic (exact) mass is 323 g/mol. The highest BCUT2D eigenvalue weighted by atomic mass is 16.2. The number of hydrogen-bond acceptors (Lipinski definition) is 4. The van der Waals surface area contributed by atoms with Crippen LogP contribution in [0.1, 0.15) is 18.5 Å². The highest BCUT2D eigenvalue weighted by Gasteiger charge is 2.17. The molecule has 0 aliphatic rings. The maximum atomic E-state index is 12.5. The zero-order valence-electron chi connectivity index (χ0n) is 14.1. The molecule has 1 N–H and O–H groups in total. The van der Waals surface area contributed by atoms with Gasteiger partial charge in [0.05, 0.1) is 17.4 Å². The second kappa shape index (κ2) is 6.70. The fourth-order valence-electron chi connectivity index (χ4n) is 2.71. The third-order valence-corrected chi connectivity index (χ3v) is 4.02. The standard InChI is InChI=1S/C18H21N5O/c1-13(23-12-21-15-8-4-5-9-16(15)23)18(24)20-11-14-7-6-10-19-17(14)22(2)3/h4-10,12-13H,11H2,1-3H3,(H,20,24)/t13-/m0/s1. The molecular weight excluding hydrogens is 302 g/mol. The summed E-state index contributed by atoms with van der Waals surface area (Å²) in [5, 5.41) is 2.99. The summed E-state index contributed by atoms with van der Waals surface area (Å²) in [5.74, 6) is 0.810. The van der Waals surface area contributed by atoms with Gasteiger partial charge in [-0.3, -0.25) is 4.79 Å². The largest absolute Gasteiger partial charge is 0.362 e. The highest BCUT2D eigenvalue weighted by molar-refractivity contribution is 5.83. The van der Waals surface area contributed by atoms with E-state index in [1.807, 2.05) is 66.9 Å². The van der Waals surface area contributed by atoms with Gasteiger partial charge in [-0.2, -0.15) is 0 Å². The molecule has 6 nitrogen and oxygen atoms in total. The number of hydrogen-bond donors (Lipinski definition) is 1. The molecule has 6 heteroatoms. The van der Waals surface area contributed by atoms with Crippen molar-refractivity contribution in [3.8, 4) is 0 Å². The van der Waals surface area contributed by atoms with Crippen LogP contribution in [0.25, 0.3) is 11.0 Å². The van der Waals surface area contributed by atoms with E-state index in [9.17, 15) is 4.79 Å². The van der Waals surface area contributed by atoms with Crippen LogP contribution >= 0.6 is 0 Å². The van der Waals surface area contributed by atoms with Gasteiger partial charge in [-0.25, -0.2) is 9.97 Å². The quantitative estimate of drug-likeness (QED) is 0.783. The maximum absolute atomic E-state index is 12.5. The molecule has 3 rings (SSSR count). The Morgan fingerprint density at radius 3 is 2.79 bits per heavy atom. The smallest absolute Gasteiger partial charge is 0.243 e. The fraction of sp³-hybridized carbons (Fsp3) is 0.278. The summed E-state index contributed by atoms with van der Waals surface area (Å²) in [5.41, 5.74) is 2.83. The SMILES string of the molecule is C[C@@H](C(=O)NCc1cccnc1N(C)C)n1cnc2ccccc21. The molecule has 0 aliphatic carbocycles. The van der Waals surface area contributed by atoms with E-state index in [1.165, 1.54) is 0 Å². The Kier molecular flexibility index (Phi) is 4.46. The average molecular weight is 323 g/mol. The highest BCUT2D eigenvalue weighted by Crippen LogP contribution is 2.18. The second-order valence-corrected chi connectivity index (χ2v) is 5.91. The predicted molar refractivity (Wildman–Crippen MR) is 94.9 cm³/mol. The molecule has 0 radical (unpaired) electrons. The van der Waals surface area contributed by atoms with Crippen LogP contribution in [0.15, 0.2) is 48.9 Å². The van der Waals surface area contributed by atoms with Crippen molar-refractivity contribution >= 4 is 22.8 Å². The number of imidazole rings is 1. The summed E-state index contributed by atoms with van der Waals surface area (Å²) in [6, 6.07) is 11.3. The van der Waals surface area contributed by atoms with Gasteiger partial charge in [-0.05, 0) is 25.1 Å². The van der Waals surface area contributed by atoms with Crippen molar-refractivity contribution in [2.45, 2.75) is 19.5 Å². The molecule has 0 bridgehead atoms. The number of carbonyl (C=O) groups excluding carboxylic acids is 1. The van der Waals surface area contributed by atoms with Gasteiger partial charge in [-0.1, -0.05) is 18.2 Å². The summed E-state index contributed by atoms with van der Waals surface area (Å²) < 4.78 is 1.89. The molecule has 0 fully saturated rings. The van der Waals surface area contributed by atoms with Gasteiger partial charge in [0.25, 0.3) is 0 Å². The fourth-order valence-corrected chi connectivity index (χ4v) is 2.71. The summed E-state index contributed by atoms with van der Waals surface area (Å²) in [6.45, 7) is 2.32. The van der Waals surface area contributed by atoms with Crippen molar-refractivity contribution in [2.24, 2.45) is 0 Å². The van der Waals surface area contributed by atoms with Crippen LogP contribution in [0.4, 0.5) is 5.82 Å². The summed E-state index contributed by atoms with van der Waals surface area (Å²) in [7, 11) is 3.88.